The van der Waals surface area contributed by atoms with Crippen LogP contribution >= 0.6 is 0 Å². The number of hydrogen-bond donors (Lipinski definition) is 2. The van der Waals surface area contributed by atoms with Crippen molar-refractivity contribution in [2.75, 3.05) is 31.2 Å². The number of carboxylic acid groups (broad SMARTS) is 1. The monoisotopic (exact) mass is 348 g/mol. The van der Waals surface area contributed by atoms with Crippen LogP contribution in [0.3, 0.4) is 0 Å². The second kappa shape index (κ2) is 6.69. The van der Waals surface area contributed by atoms with Crippen LogP contribution in [0.4, 0.5) is 11.4 Å². The van der Waals surface area contributed by atoms with Crippen molar-refractivity contribution in [3.8, 4) is 0 Å². The number of rotatable bonds is 5. The number of nitrogens with zero attached hydrogens (tertiary/aromatic N) is 3. The standard InChI is InChI=1S/C16H20N4O5/c1-18-9-10(8-11(17)16(21)22)14-12(20(23)24)2-3-13(15(14)18)19-4-6-25-7-5-19/h2-3,9,11H,4-8,17H2,1H3,(H,21,22). The number of fused-ring (bicyclic) bond motifs is 1. The van der Waals surface area contributed by atoms with Crippen molar-refractivity contribution >= 4 is 28.2 Å². The largest absolute Gasteiger partial charge is 0.480 e. The number of anilines is 1. The summed E-state index contributed by atoms with van der Waals surface area (Å²) in [6.45, 7) is 2.59. The molecule has 1 aliphatic rings. The summed E-state index contributed by atoms with van der Waals surface area (Å²) in [4.78, 5) is 24.3. The summed E-state index contributed by atoms with van der Waals surface area (Å²) < 4.78 is 7.17. The van der Waals surface area contributed by atoms with Gasteiger partial charge in [0.25, 0.3) is 5.69 Å². The fraction of sp³-hybridized carbons (Fsp3) is 0.438. The van der Waals surface area contributed by atoms with Gasteiger partial charge in [0.15, 0.2) is 0 Å². The number of aryl methyl sites for hydroxylation is 1. The van der Waals surface area contributed by atoms with Crippen molar-refractivity contribution in [2.24, 2.45) is 12.8 Å². The molecule has 0 aliphatic carbocycles. The van der Waals surface area contributed by atoms with Crippen LogP contribution in [0.25, 0.3) is 10.9 Å². The molecular formula is C16H20N4O5. The van der Waals surface area contributed by atoms with Crippen LogP contribution in [0.2, 0.25) is 0 Å². The van der Waals surface area contributed by atoms with Crippen LogP contribution < -0.4 is 10.6 Å². The van der Waals surface area contributed by atoms with Crippen LogP contribution in [0.15, 0.2) is 18.3 Å². The molecule has 0 bridgehead atoms. The molecule has 134 valence electrons. The van der Waals surface area contributed by atoms with Gasteiger partial charge < -0.3 is 25.0 Å². The Labute approximate surface area is 143 Å². The number of nitrogens with two attached hydrogens (primary N) is 1. The van der Waals surface area contributed by atoms with E-state index in [2.05, 4.69) is 4.90 Å². The number of aromatic nitrogens is 1. The van der Waals surface area contributed by atoms with Gasteiger partial charge >= 0.3 is 5.97 Å². The lowest BCUT2D eigenvalue weighted by Gasteiger charge is -2.29. The minimum absolute atomic E-state index is 0.0279. The number of nitro groups is 1. The van der Waals surface area contributed by atoms with Crippen molar-refractivity contribution in [3.05, 3.63) is 34.0 Å². The molecule has 3 N–H and O–H groups in total. The zero-order valence-electron chi connectivity index (χ0n) is 13.8. The first-order valence-corrected chi connectivity index (χ1v) is 7.96. The van der Waals surface area contributed by atoms with E-state index in [-0.39, 0.29) is 12.1 Å². The molecule has 1 atom stereocenters. The van der Waals surface area contributed by atoms with Gasteiger partial charge in [-0.25, -0.2) is 0 Å². The SMILES string of the molecule is Cn1cc(CC(N)C(=O)O)c2c([N+](=O)[O-])ccc(N3CCOCC3)c21. The highest BCUT2D eigenvalue weighted by Crippen LogP contribution is 2.37. The lowest BCUT2D eigenvalue weighted by Crippen LogP contribution is -2.36. The topological polar surface area (TPSA) is 124 Å². The molecule has 1 aromatic heterocycles. The Morgan fingerprint density at radius 1 is 1.44 bits per heavy atom. The zero-order valence-corrected chi connectivity index (χ0v) is 13.8. The van der Waals surface area contributed by atoms with Gasteiger partial charge in [0, 0.05) is 38.8 Å². The van der Waals surface area contributed by atoms with E-state index in [0.717, 1.165) is 5.69 Å². The summed E-state index contributed by atoms with van der Waals surface area (Å²) in [6, 6.07) is 2.10. The molecular weight excluding hydrogens is 328 g/mol. The smallest absolute Gasteiger partial charge is 0.320 e. The molecule has 1 aromatic carbocycles. The number of aliphatic carboxylic acids is 1. The fourth-order valence-corrected chi connectivity index (χ4v) is 3.30. The Balaban J connectivity index is 2.18. The highest BCUT2D eigenvalue weighted by Gasteiger charge is 2.26. The van der Waals surface area contributed by atoms with Crippen molar-refractivity contribution in [2.45, 2.75) is 12.5 Å². The molecule has 3 rings (SSSR count). The van der Waals surface area contributed by atoms with Gasteiger partial charge in [0.1, 0.15) is 6.04 Å². The highest BCUT2D eigenvalue weighted by molar-refractivity contribution is 6.01. The summed E-state index contributed by atoms with van der Waals surface area (Å²) >= 11 is 0. The van der Waals surface area contributed by atoms with Crippen molar-refractivity contribution in [1.29, 1.82) is 0 Å². The van der Waals surface area contributed by atoms with Crippen LogP contribution in [0.5, 0.6) is 0 Å². The van der Waals surface area contributed by atoms with Gasteiger partial charge in [-0.05, 0) is 11.6 Å². The third kappa shape index (κ3) is 3.15. The Hall–Kier alpha value is -2.65. The van der Waals surface area contributed by atoms with Crippen LogP contribution in [0.1, 0.15) is 5.56 Å². The third-order valence-corrected chi connectivity index (χ3v) is 4.46. The number of carboxylic acids is 1. The summed E-state index contributed by atoms with van der Waals surface area (Å²) in [5.74, 6) is -1.14. The third-order valence-electron chi connectivity index (χ3n) is 4.46. The Bertz CT molecular complexity index is 826. The lowest BCUT2D eigenvalue weighted by molar-refractivity contribution is -0.383. The molecule has 9 heteroatoms. The molecule has 0 radical (unpaired) electrons. The number of benzene rings is 1. The summed E-state index contributed by atoms with van der Waals surface area (Å²) in [7, 11) is 1.80. The number of nitro benzene ring substituents is 1. The van der Waals surface area contributed by atoms with E-state index < -0.39 is 16.9 Å². The minimum Gasteiger partial charge on any atom is -0.480 e. The highest BCUT2D eigenvalue weighted by atomic mass is 16.6. The molecule has 2 aromatic rings. The van der Waals surface area contributed by atoms with Crippen molar-refractivity contribution < 1.29 is 19.6 Å². The Morgan fingerprint density at radius 2 is 2.12 bits per heavy atom. The van der Waals surface area contributed by atoms with E-state index in [1.807, 2.05) is 0 Å². The first-order valence-electron chi connectivity index (χ1n) is 7.96. The molecule has 25 heavy (non-hydrogen) atoms. The fourth-order valence-electron chi connectivity index (χ4n) is 3.30. The normalized spacial score (nSPS) is 16.2. The van der Waals surface area contributed by atoms with E-state index in [1.54, 1.807) is 23.9 Å². The molecule has 9 nitrogen and oxygen atoms in total. The van der Waals surface area contributed by atoms with Gasteiger partial charge in [-0.15, -0.1) is 0 Å². The lowest BCUT2D eigenvalue weighted by atomic mass is 10.0. The average Bonchev–Trinajstić information content (AvgIpc) is 2.91. The van der Waals surface area contributed by atoms with Crippen molar-refractivity contribution in [3.63, 3.8) is 0 Å². The van der Waals surface area contributed by atoms with Gasteiger partial charge in [-0.2, -0.15) is 0 Å². The van der Waals surface area contributed by atoms with E-state index in [0.29, 0.717) is 42.8 Å². The Kier molecular flexibility index (Phi) is 4.60. The van der Waals surface area contributed by atoms with Gasteiger partial charge in [0.2, 0.25) is 0 Å². The maximum absolute atomic E-state index is 11.5. The molecule has 1 unspecified atom stereocenters. The number of non-ortho nitro benzene ring substituents is 1. The number of carbonyl (C=O) groups is 1. The predicted octanol–water partition coefficient (Wildman–Crippen LogP) is 0.878. The van der Waals surface area contributed by atoms with Gasteiger partial charge in [0.05, 0.1) is 34.7 Å². The number of hydrogen-bond acceptors (Lipinski definition) is 6. The second-order valence-corrected chi connectivity index (χ2v) is 6.10. The number of morpholine rings is 1. The molecule has 1 saturated heterocycles. The molecule has 1 fully saturated rings. The predicted molar refractivity (Wildman–Crippen MR) is 91.9 cm³/mol. The first kappa shape index (κ1) is 17.2. The second-order valence-electron chi connectivity index (χ2n) is 6.10. The van der Waals surface area contributed by atoms with E-state index in [1.165, 1.54) is 6.07 Å². The van der Waals surface area contributed by atoms with E-state index >= 15 is 0 Å². The van der Waals surface area contributed by atoms with Crippen LogP contribution in [0, 0.1) is 10.1 Å². The molecule has 0 spiro atoms. The minimum atomic E-state index is -1.14. The van der Waals surface area contributed by atoms with E-state index in [4.69, 9.17) is 15.6 Å². The van der Waals surface area contributed by atoms with E-state index in [9.17, 15) is 14.9 Å². The van der Waals surface area contributed by atoms with Gasteiger partial charge in [-0.3, -0.25) is 14.9 Å². The maximum Gasteiger partial charge on any atom is 0.320 e. The molecule has 1 aliphatic heterocycles. The van der Waals surface area contributed by atoms with Crippen LogP contribution in [-0.2, 0) is 23.0 Å². The Morgan fingerprint density at radius 3 is 2.72 bits per heavy atom. The summed E-state index contributed by atoms with van der Waals surface area (Å²) in [5, 5.41) is 21.0. The molecule has 2 heterocycles. The van der Waals surface area contributed by atoms with Crippen molar-refractivity contribution in [1.82, 2.24) is 4.57 Å². The molecule has 0 amide bonds. The summed E-state index contributed by atoms with van der Waals surface area (Å²) in [6.07, 6.45) is 1.75. The average molecular weight is 348 g/mol. The molecule has 0 saturated carbocycles. The summed E-state index contributed by atoms with van der Waals surface area (Å²) in [5.41, 5.74) is 7.76. The van der Waals surface area contributed by atoms with Crippen LogP contribution in [-0.4, -0.2) is 52.9 Å². The van der Waals surface area contributed by atoms with Gasteiger partial charge in [-0.1, -0.05) is 0 Å². The quantitative estimate of drug-likeness (QED) is 0.607. The number of ether oxygens (including phenoxy) is 1. The zero-order chi connectivity index (χ0) is 18.1. The first-order chi connectivity index (χ1) is 11.9. The maximum atomic E-state index is 11.5.